The summed E-state index contributed by atoms with van der Waals surface area (Å²) in [5.74, 6) is 0. The van der Waals surface area contributed by atoms with E-state index >= 15 is 0 Å². The zero-order chi connectivity index (χ0) is 13.6. The minimum atomic E-state index is -0.0445. The molecule has 102 valence electrons. The van der Waals surface area contributed by atoms with Crippen LogP contribution in [0.4, 0.5) is 0 Å². The third kappa shape index (κ3) is 13.2. The predicted octanol–water partition coefficient (Wildman–Crippen LogP) is 5.48. The minimum absolute atomic E-state index is 0. The molecule has 0 aliphatic carbocycles. The van der Waals surface area contributed by atoms with Gasteiger partial charge < -0.3 is 0 Å². The van der Waals surface area contributed by atoms with Crippen molar-refractivity contribution in [2.75, 3.05) is 0 Å². The normalized spacial score (nSPS) is 12.0. The van der Waals surface area contributed by atoms with Crippen molar-refractivity contribution < 1.29 is 0 Å². The summed E-state index contributed by atoms with van der Waals surface area (Å²) in [7, 11) is -0.0890. The summed E-state index contributed by atoms with van der Waals surface area (Å²) in [4.78, 5) is 0. The maximum absolute atomic E-state index is 2.41. The third-order valence-electron chi connectivity index (χ3n) is 3.62. The number of rotatable bonds is 2. The predicted molar refractivity (Wildman–Crippen MR) is 89.4 cm³/mol. The molecule has 0 spiro atoms. The zero-order valence-corrected chi connectivity index (χ0v) is 18.0. The van der Waals surface area contributed by atoms with Crippen LogP contribution in [0.3, 0.4) is 0 Å². The maximum atomic E-state index is 2.41. The van der Waals surface area contributed by atoms with Gasteiger partial charge in [0.1, 0.15) is 0 Å². The van der Waals surface area contributed by atoms with Crippen LogP contribution in [-0.2, 0) is 0 Å². The largest absolute Gasteiger partial charge is 0.0707 e. The Bertz CT molecular complexity index is 148. The maximum Gasteiger partial charge on any atom is 0.0501 e. The summed E-state index contributed by atoms with van der Waals surface area (Å²) in [5.41, 5.74) is 0. The molecule has 0 aliphatic rings. The van der Waals surface area contributed by atoms with E-state index in [1.165, 1.54) is 12.1 Å². The van der Waals surface area contributed by atoms with E-state index < -0.39 is 0 Å². The fraction of sp³-hybridized carbons (Fsp3) is 1.00. The zero-order valence-electron chi connectivity index (χ0n) is 13.9. The van der Waals surface area contributed by atoms with Gasteiger partial charge in [0.25, 0.3) is 0 Å². The molecule has 0 aromatic heterocycles. The van der Waals surface area contributed by atoms with Crippen molar-refractivity contribution in [2.45, 2.75) is 90.6 Å². The van der Waals surface area contributed by atoms with Gasteiger partial charge in [0.05, 0.1) is 17.6 Å². The van der Waals surface area contributed by atoms with Crippen molar-refractivity contribution in [3.63, 3.8) is 0 Å². The van der Waals surface area contributed by atoms with Gasteiger partial charge in [-0.15, -0.1) is 0 Å². The van der Waals surface area contributed by atoms with Crippen LogP contribution < -0.4 is 0 Å². The molecule has 3 heteroatoms. The van der Waals surface area contributed by atoms with Crippen molar-refractivity contribution in [2.24, 2.45) is 0 Å². The molecule has 0 bridgehead atoms. The molecule has 0 saturated heterocycles. The molecule has 0 heterocycles. The number of hydrogen-bond acceptors (Lipinski definition) is 0. The SMILES string of the molecule is CC[Si](C)C(C)(C)C.CC[Si](C)C(C)(C)C.[Ge]. The Kier molecular flexibility index (Phi) is 13.4. The second-order valence-corrected chi connectivity index (χ2v) is 14.3. The molecule has 0 aromatic carbocycles. The first-order valence-corrected chi connectivity index (χ1v) is 11.0. The van der Waals surface area contributed by atoms with Gasteiger partial charge in [-0.05, 0) is 10.1 Å². The Hall–Kier alpha value is 0.977. The molecule has 0 atom stereocenters. The summed E-state index contributed by atoms with van der Waals surface area (Å²) in [5, 5.41) is 1.22. The van der Waals surface area contributed by atoms with Crippen LogP contribution in [0.1, 0.15) is 55.4 Å². The molecule has 0 N–H and O–H groups in total. The van der Waals surface area contributed by atoms with E-state index in [9.17, 15) is 0 Å². The van der Waals surface area contributed by atoms with Crippen LogP contribution in [0.2, 0.25) is 35.3 Å². The smallest absolute Gasteiger partial charge is 0.0501 e. The van der Waals surface area contributed by atoms with Crippen LogP contribution in [0.5, 0.6) is 0 Å². The standard InChI is InChI=1S/2C7H17Si.Ge/c2*1-6-8(5)7(2,3)4;/h2*6H2,1-5H3;. The summed E-state index contributed by atoms with van der Waals surface area (Å²) in [6, 6.07) is 2.79. The van der Waals surface area contributed by atoms with Crippen molar-refractivity contribution in [3.05, 3.63) is 0 Å². The summed E-state index contributed by atoms with van der Waals surface area (Å²) in [6.45, 7) is 23.4. The van der Waals surface area contributed by atoms with Gasteiger partial charge >= 0.3 is 0 Å². The van der Waals surface area contributed by atoms with Gasteiger partial charge in [-0.3, -0.25) is 0 Å². The monoisotopic (exact) mass is 332 g/mol. The molecule has 0 unspecified atom stereocenters. The first-order chi connectivity index (χ1) is 6.96. The summed E-state index contributed by atoms with van der Waals surface area (Å²) in [6.07, 6.45) is 0. The van der Waals surface area contributed by atoms with Gasteiger partial charge in [-0.2, -0.15) is 0 Å². The van der Waals surface area contributed by atoms with Crippen molar-refractivity contribution >= 4 is 35.2 Å². The van der Waals surface area contributed by atoms with Gasteiger partial charge in [0.2, 0.25) is 0 Å². The van der Waals surface area contributed by atoms with E-state index in [0.29, 0.717) is 10.1 Å². The van der Waals surface area contributed by atoms with Crippen molar-refractivity contribution in [1.82, 2.24) is 0 Å². The van der Waals surface area contributed by atoms with Gasteiger partial charge in [0.15, 0.2) is 0 Å². The molecule has 0 nitrogen and oxygen atoms in total. The molecule has 0 aromatic rings. The summed E-state index contributed by atoms with van der Waals surface area (Å²) >= 11 is 0. The third-order valence-corrected chi connectivity index (χ3v) is 10.9. The van der Waals surface area contributed by atoms with Crippen LogP contribution in [0.15, 0.2) is 0 Å². The molecule has 6 radical (unpaired) electrons. The molecule has 0 amide bonds. The van der Waals surface area contributed by atoms with E-state index in [1.807, 2.05) is 0 Å². The first-order valence-electron chi connectivity index (χ1n) is 6.62. The molecular weight excluding hydrogens is 297 g/mol. The first kappa shape index (κ1) is 23.1. The Balaban J connectivity index is -0.000000218. The van der Waals surface area contributed by atoms with E-state index in [-0.39, 0.29) is 35.2 Å². The average Bonchev–Trinajstić information content (AvgIpc) is 2.13. The van der Waals surface area contributed by atoms with Crippen molar-refractivity contribution in [1.29, 1.82) is 0 Å². The Morgan fingerprint density at radius 3 is 0.824 bits per heavy atom. The van der Waals surface area contributed by atoms with Gasteiger partial charge in [-0.1, -0.05) is 80.6 Å². The topological polar surface area (TPSA) is 0 Å². The second kappa shape index (κ2) is 9.85. The molecule has 0 rings (SSSR count). The van der Waals surface area contributed by atoms with E-state index in [2.05, 4.69) is 68.5 Å². The van der Waals surface area contributed by atoms with E-state index in [0.717, 1.165) is 0 Å². The van der Waals surface area contributed by atoms with Gasteiger partial charge in [0, 0.05) is 17.6 Å². The van der Waals surface area contributed by atoms with Crippen LogP contribution >= 0.6 is 0 Å². The van der Waals surface area contributed by atoms with Crippen LogP contribution in [0.25, 0.3) is 0 Å². The van der Waals surface area contributed by atoms with E-state index in [1.54, 1.807) is 0 Å². The number of hydrogen-bond donors (Lipinski definition) is 0. The van der Waals surface area contributed by atoms with Crippen LogP contribution in [0, 0.1) is 0 Å². The molecule has 0 saturated carbocycles. The fourth-order valence-corrected chi connectivity index (χ4v) is 3.18. The molecular formula is C14H34GeSi2. The Morgan fingerprint density at radius 1 is 0.647 bits per heavy atom. The fourth-order valence-electron chi connectivity index (χ4n) is 1.06. The van der Waals surface area contributed by atoms with E-state index in [4.69, 9.17) is 0 Å². The van der Waals surface area contributed by atoms with Crippen molar-refractivity contribution in [3.8, 4) is 0 Å². The quantitative estimate of drug-likeness (QED) is 0.588. The molecule has 17 heavy (non-hydrogen) atoms. The average molecular weight is 331 g/mol. The minimum Gasteiger partial charge on any atom is -0.0707 e. The second-order valence-electron chi connectivity index (χ2n) is 6.77. The molecule has 0 fully saturated rings. The van der Waals surface area contributed by atoms with Gasteiger partial charge in [-0.25, -0.2) is 0 Å². The Morgan fingerprint density at radius 2 is 0.824 bits per heavy atom. The summed E-state index contributed by atoms with van der Waals surface area (Å²) < 4.78 is 0. The van der Waals surface area contributed by atoms with Crippen LogP contribution in [-0.4, -0.2) is 35.2 Å². The molecule has 0 aliphatic heterocycles. The Labute approximate surface area is 126 Å².